The Kier molecular flexibility index (Phi) is 6.14. The molecule has 0 unspecified atom stereocenters. The van der Waals surface area contributed by atoms with Gasteiger partial charge in [0.05, 0.1) is 4.91 Å². The van der Waals surface area contributed by atoms with Gasteiger partial charge in [-0.3, -0.25) is 14.5 Å². The molecule has 5 heteroatoms. The van der Waals surface area contributed by atoms with E-state index in [4.69, 9.17) is 0 Å². The van der Waals surface area contributed by atoms with Crippen LogP contribution in [-0.2, 0) is 11.2 Å². The fourth-order valence-corrected chi connectivity index (χ4v) is 3.54. The van der Waals surface area contributed by atoms with E-state index in [1.54, 1.807) is 6.08 Å². The molecule has 2 aromatic rings. The fraction of sp³-hybridized carbons (Fsp3) is 0.182. The van der Waals surface area contributed by atoms with Crippen molar-refractivity contribution < 1.29 is 9.59 Å². The maximum absolute atomic E-state index is 12.5. The van der Waals surface area contributed by atoms with Crippen molar-refractivity contribution in [2.75, 3.05) is 25.5 Å². The standard InChI is InChI=1S/C22H22N2O2S/c1-23(2)19-13-11-18(12-14-19)9-6-10-20-21(25)24(22(26)27-20)16-15-17-7-4-3-5-8-17/h3-14H,15-16H2,1-2H3/b9-6+,20-10-. The molecule has 2 amide bonds. The smallest absolute Gasteiger partial charge is 0.293 e. The highest BCUT2D eigenvalue weighted by atomic mass is 32.2. The molecule has 0 atom stereocenters. The van der Waals surface area contributed by atoms with E-state index in [0.717, 1.165) is 28.6 Å². The summed E-state index contributed by atoms with van der Waals surface area (Å²) in [5, 5.41) is -0.203. The zero-order valence-corrected chi connectivity index (χ0v) is 16.3. The largest absolute Gasteiger partial charge is 0.378 e. The zero-order chi connectivity index (χ0) is 19.2. The van der Waals surface area contributed by atoms with Gasteiger partial charge in [0.2, 0.25) is 0 Å². The first kappa shape index (κ1) is 19.0. The molecule has 0 saturated carbocycles. The van der Waals surface area contributed by atoms with Gasteiger partial charge in [0.1, 0.15) is 0 Å². The van der Waals surface area contributed by atoms with E-state index in [0.29, 0.717) is 17.9 Å². The van der Waals surface area contributed by atoms with Gasteiger partial charge in [0, 0.05) is 26.3 Å². The second kappa shape index (κ2) is 8.73. The molecule has 0 spiro atoms. The monoisotopic (exact) mass is 378 g/mol. The lowest BCUT2D eigenvalue weighted by Crippen LogP contribution is -2.30. The lowest BCUT2D eigenvalue weighted by Gasteiger charge is -2.12. The minimum Gasteiger partial charge on any atom is -0.378 e. The number of benzene rings is 2. The minimum absolute atomic E-state index is 0.203. The van der Waals surface area contributed by atoms with E-state index in [9.17, 15) is 9.59 Å². The van der Waals surface area contributed by atoms with Crippen LogP contribution in [0.3, 0.4) is 0 Å². The average molecular weight is 378 g/mol. The second-order valence-electron chi connectivity index (χ2n) is 6.44. The van der Waals surface area contributed by atoms with E-state index in [1.807, 2.05) is 85.7 Å². The highest BCUT2D eigenvalue weighted by Crippen LogP contribution is 2.30. The van der Waals surface area contributed by atoms with Crippen LogP contribution in [0.25, 0.3) is 6.08 Å². The predicted octanol–water partition coefficient (Wildman–Crippen LogP) is 4.59. The Morgan fingerprint density at radius 2 is 1.70 bits per heavy atom. The Balaban J connectivity index is 1.61. The Morgan fingerprint density at radius 1 is 1.00 bits per heavy atom. The molecule has 1 heterocycles. The quantitative estimate of drug-likeness (QED) is 0.690. The van der Waals surface area contributed by atoms with Gasteiger partial charge in [-0.1, -0.05) is 54.6 Å². The van der Waals surface area contributed by atoms with Gasteiger partial charge in [-0.05, 0) is 47.5 Å². The molecule has 1 aliphatic rings. The summed E-state index contributed by atoms with van der Waals surface area (Å²) in [5.74, 6) is -0.214. The van der Waals surface area contributed by atoms with Gasteiger partial charge in [0.25, 0.3) is 11.1 Å². The summed E-state index contributed by atoms with van der Waals surface area (Å²) in [6, 6.07) is 18.0. The molecule has 0 radical (unpaired) electrons. The molecular formula is C22H22N2O2S. The maximum atomic E-state index is 12.5. The van der Waals surface area contributed by atoms with Crippen molar-refractivity contribution in [3.63, 3.8) is 0 Å². The normalized spacial score (nSPS) is 15.9. The van der Waals surface area contributed by atoms with Crippen molar-refractivity contribution in [2.24, 2.45) is 0 Å². The number of thioether (sulfide) groups is 1. The van der Waals surface area contributed by atoms with Gasteiger partial charge in [-0.25, -0.2) is 0 Å². The van der Waals surface area contributed by atoms with Crippen molar-refractivity contribution in [1.29, 1.82) is 0 Å². The fourth-order valence-electron chi connectivity index (χ4n) is 2.72. The molecule has 0 bridgehead atoms. The van der Waals surface area contributed by atoms with Crippen LogP contribution < -0.4 is 4.90 Å². The molecule has 2 aromatic carbocycles. The maximum Gasteiger partial charge on any atom is 0.293 e. The topological polar surface area (TPSA) is 40.6 Å². The lowest BCUT2D eigenvalue weighted by molar-refractivity contribution is -0.122. The van der Waals surface area contributed by atoms with Crippen LogP contribution in [0.4, 0.5) is 10.5 Å². The van der Waals surface area contributed by atoms with Gasteiger partial charge in [-0.2, -0.15) is 0 Å². The number of anilines is 1. The van der Waals surface area contributed by atoms with Crippen LogP contribution >= 0.6 is 11.8 Å². The van der Waals surface area contributed by atoms with E-state index < -0.39 is 0 Å². The first-order valence-electron chi connectivity index (χ1n) is 8.78. The van der Waals surface area contributed by atoms with Gasteiger partial charge < -0.3 is 4.90 Å². The first-order chi connectivity index (χ1) is 13.0. The van der Waals surface area contributed by atoms with Gasteiger partial charge >= 0.3 is 0 Å². The van der Waals surface area contributed by atoms with Crippen LogP contribution in [0.15, 0.2) is 71.7 Å². The molecule has 1 fully saturated rings. The lowest BCUT2D eigenvalue weighted by atomic mass is 10.1. The summed E-state index contributed by atoms with van der Waals surface area (Å²) in [5.41, 5.74) is 3.29. The number of carbonyl (C=O) groups is 2. The minimum atomic E-state index is -0.214. The third-order valence-corrected chi connectivity index (χ3v) is 5.21. The van der Waals surface area contributed by atoms with Crippen molar-refractivity contribution in [2.45, 2.75) is 6.42 Å². The summed E-state index contributed by atoms with van der Waals surface area (Å²) in [4.78, 5) is 28.5. The Bertz CT molecular complexity index is 871. The Hall–Kier alpha value is -2.79. The second-order valence-corrected chi connectivity index (χ2v) is 7.43. The number of allylic oxidation sites excluding steroid dienone is 2. The number of hydrogen-bond acceptors (Lipinski definition) is 4. The van der Waals surface area contributed by atoms with Crippen molar-refractivity contribution in [3.05, 3.63) is 82.8 Å². The molecular weight excluding hydrogens is 356 g/mol. The number of hydrogen-bond donors (Lipinski definition) is 0. The van der Waals surface area contributed by atoms with Crippen LogP contribution in [0.2, 0.25) is 0 Å². The predicted molar refractivity (Wildman–Crippen MR) is 113 cm³/mol. The van der Waals surface area contributed by atoms with Crippen LogP contribution in [0, 0.1) is 0 Å². The third kappa shape index (κ3) is 4.89. The van der Waals surface area contributed by atoms with Gasteiger partial charge in [-0.15, -0.1) is 0 Å². The average Bonchev–Trinajstić information content (AvgIpc) is 2.94. The highest BCUT2D eigenvalue weighted by Gasteiger charge is 2.34. The molecule has 3 rings (SSSR count). The number of rotatable bonds is 6. The van der Waals surface area contributed by atoms with Crippen molar-refractivity contribution in [1.82, 2.24) is 4.90 Å². The van der Waals surface area contributed by atoms with Crippen molar-refractivity contribution in [3.8, 4) is 0 Å². The van der Waals surface area contributed by atoms with Gasteiger partial charge in [0.15, 0.2) is 0 Å². The number of nitrogens with zero attached hydrogens (tertiary/aromatic N) is 2. The Morgan fingerprint density at radius 3 is 2.37 bits per heavy atom. The highest BCUT2D eigenvalue weighted by molar-refractivity contribution is 8.18. The van der Waals surface area contributed by atoms with Crippen LogP contribution in [0.5, 0.6) is 0 Å². The number of imide groups is 1. The summed E-state index contributed by atoms with van der Waals surface area (Å²) >= 11 is 0.999. The summed E-state index contributed by atoms with van der Waals surface area (Å²) in [6.45, 7) is 0.404. The van der Waals surface area contributed by atoms with E-state index in [1.165, 1.54) is 4.90 Å². The molecule has 0 aromatic heterocycles. The van der Waals surface area contributed by atoms with Crippen LogP contribution in [0.1, 0.15) is 11.1 Å². The number of carbonyl (C=O) groups excluding carboxylic acids is 2. The SMILES string of the molecule is CN(C)c1ccc(/C=C/C=C2\SC(=O)N(CCc3ccccc3)C2=O)cc1. The zero-order valence-electron chi connectivity index (χ0n) is 15.5. The first-order valence-corrected chi connectivity index (χ1v) is 9.59. The summed E-state index contributed by atoms with van der Waals surface area (Å²) < 4.78 is 0. The molecule has 1 aliphatic heterocycles. The Labute approximate surface area is 164 Å². The number of amides is 2. The third-order valence-electron chi connectivity index (χ3n) is 4.29. The summed E-state index contributed by atoms with van der Waals surface area (Å²) in [6.07, 6.45) is 6.13. The molecule has 1 saturated heterocycles. The van der Waals surface area contributed by atoms with E-state index >= 15 is 0 Å². The molecule has 4 nitrogen and oxygen atoms in total. The van der Waals surface area contributed by atoms with Crippen LogP contribution in [-0.4, -0.2) is 36.7 Å². The van der Waals surface area contributed by atoms with E-state index in [2.05, 4.69) is 0 Å². The van der Waals surface area contributed by atoms with E-state index in [-0.39, 0.29) is 11.1 Å². The summed E-state index contributed by atoms with van der Waals surface area (Å²) in [7, 11) is 4.00. The molecule has 0 N–H and O–H groups in total. The molecule has 138 valence electrons. The molecule has 27 heavy (non-hydrogen) atoms. The van der Waals surface area contributed by atoms with Crippen molar-refractivity contribution >= 4 is 34.7 Å². The molecule has 0 aliphatic carbocycles.